The molecule has 2 saturated heterocycles. The van der Waals surface area contributed by atoms with Crippen molar-refractivity contribution in [2.75, 3.05) is 25.1 Å². The number of pyridine rings is 1. The number of piperazine rings is 1. The van der Waals surface area contributed by atoms with E-state index < -0.39 is 0 Å². The lowest BCUT2D eigenvalue weighted by Gasteiger charge is -2.29. The third-order valence-electron chi connectivity index (χ3n) is 3.32. The summed E-state index contributed by atoms with van der Waals surface area (Å²) in [7, 11) is 1.68. The maximum Gasteiger partial charge on any atom is 0.139 e. The quantitative estimate of drug-likeness (QED) is 0.769. The summed E-state index contributed by atoms with van der Waals surface area (Å²) < 4.78 is 5.19. The molecule has 0 amide bonds. The lowest BCUT2D eigenvalue weighted by Crippen LogP contribution is -2.43. The molecule has 3 rings (SSSR count). The van der Waals surface area contributed by atoms with Crippen LogP contribution < -0.4 is 15.0 Å². The molecule has 4 heteroatoms. The molecule has 2 aliphatic heterocycles. The average Bonchev–Trinajstić information content (AvgIpc) is 2.91. The zero-order valence-corrected chi connectivity index (χ0v) is 8.81. The van der Waals surface area contributed by atoms with E-state index in [-0.39, 0.29) is 0 Å². The maximum atomic E-state index is 5.19. The van der Waals surface area contributed by atoms with E-state index in [0.29, 0.717) is 12.1 Å². The number of ether oxygens (including phenoxy) is 1. The minimum atomic E-state index is 0.643. The van der Waals surface area contributed by atoms with Gasteiger partial charge < -0.3 is 15.0 Å². The first kappa shape index (κ1) is 8.97. The Morgan fingerprint density at radius 1 is 1.53 bits per heavy atom. The highest BCUT2D eigenvalue weighted by Crippen LogP contribution is 2.30. The molecule has 0 aliphatic carbocycles. The number of fused-ring (bicyclic) bond motifs is 2. The standard InChI is InChI=1S/C11H15N3O/c1-15-11-3-10(4-12-6-11)14-7-8-2-9(14)5-13-8/h3-4,6,8-9,13H,2,5,7H2,1H3/t8-,9-/m1/s1. The Kier molecular flexibility index (Phi) is 2.02. The van der Waals surface area contributed by atoms with Crippen molar-refractivity contribution in [1.29, 1.82) is 0 Å². The molecule has 4 nitrogen and oxygen atoms in total. The van der Waals surface area contributed by atoms with Gasteiger partial charge in [0.25, 0.3) is 0 Å². The molecule has 2 aliphatic rings. The summed E-state index contributed by atoms with van der Waals surface area (Å²) in [5.41, 5.74) is 1.18. The second kappa shape index (κ2) is 3.38. The molecule has 0 radical (unpaired) electrons. The van der Waals surface area contributed by atoms with Crippen molar-refractivity contribution >= 4 is 5.69 Å². The molecule has 1 aromatic rings. The van der Waals surface area contributed by atoms with E-state index in [0.717, 1.165) is 18.8 Å². The van der Waals surface area contributed by atoms with Crippen LogP contribution in [0.3, 0.4) is 0 Å². The predicted octanol–water partition coefficient (Wildman–Crippen LogP) is 0.641. The summed E-state index contributed by atoms with van der Waals surface area (Å²) >= 11 is 0. The number of aromatic nitrogens is 1. The highest BCUT2D eigenvalue weighted by molar-refractivity contribution is 5.51. The Morgan fingerprint density at radius 2 is 2.47 bits per heavy atom. The molecule has 0 saturated carbocycles. The fourth-order valence-corrected chi connectivity index (χ4v) is 2.55. The molecule has 80 valence electrons. The van der Waals surface area contributed by atoms with Crippen LogP contribution >= 0.6 is 0 Å². The summed E-state index contributed by atoms with van der Waals surface area (Å²) in [6.45, 7) is 2.20. The van der Waals surface area contributed by atoms with Gasteiger partial charge in [-0.25, -0.2) is 0 Å². The lowest BCUT2D eigenvalue weighted by molar-refractivity contribution is 0.412. The monoisotopic (exact) mass is 205 g/mol. The Morgan fingerprint density at radius 3 is 3.13 bits per heavy atom. The van der Waals surface area contributed by atoms with Crippen LogP contribution in [0.15, 0.2) is 18.5 Å². The number of nitrogens with one attached hydrogen (secondary N) is 1. The fraction of sp³-hybridized carbons (Fsp3) is 0.545. The Bertz CT molecular complexity index is 369. The van der Waals surface area contributed by atoms with Crippen molar-refractivity contribution in [1.82, 2.24) is 10.3 Å². The summed E-state index contributed by atoms with van der Waals surface area (Å²) in [5.74, 6) is 0.836. The summed E-state index contributed by atoms with van der Waals surface area (Å²) in [6, 6.07) is 3.37. The second-order valence-corrected chi connectivity index (χ2v) is 4.23. The van der Waals surface area contributed by atoms with Gasteiger partial charge in [0.15, 0.2) is 0 Å². The maximum absolute atomic E-state index is 5.19. The molecule has 2 atom stereocenters. The fourth-order valence-electron chi connectivity index (χ4n) is 2.55. The van der Waals surface area contributed by atoms with E-state index in [9.17, 15) is 0 Å². The van der Waals surface area contributed by atoms with Gasteiger partial charge in [-0.2, -0.15) is 0 Å². The molecule has 2 fully saturated rings. The van der Waals surface area contributed by atoms with Gasteiger partial charge in [-0.05, 0) is 6.42 Å². The smallest absolute Gasteiger partial charge is 0.139 e. The van der Waals surface area contributed by atoms with Crippen LogP contribution in [0.25, 0.3) is 0 Å². The van der Waals surface area contributed by atoms with Crippen LogP contribution in [0.2, 0.25) is 0 Å². The van der Waals surface area contributed by atoms with Gasteiger partial charge in [-0.3, -0.25) is 4.98 Å². The van der Waals surface area contributed by atoms with Gasteiger partial charge in [0.2, 0.25) is 0 Å². The topological polar surface area (TPSA) is 37.4 Å². The summed E-state index contributed by atoms with van der Waals surface area (Å²) in [6.07, 6.45) is 4.93. The number of nitrogens with zero attached hydrogens (tertiary/aromatic N) is 2. The summed E-state index contributed by atoms with van der Waals surface area (Å²) in [4.78, 5) is 6.62. The molecule has 1 aromatic heterocycles. The molecule has 3 heterocycles. The van der Waals surface area contributed by atoms with Gasteiger partial charge in [-0.15, -0.1) is 0 Å². The van der Waals surface area contributed by atoms with E-state index in [1.165, 1.54) is 12.1 Å². The Hall–Kier alpha value is -1.29. The zero-order chi connectivity index (χ0) is 10.3. The minimum Gasteiger partial charge on any atom is -0.495 e. The SMILES string of the molecule is COc1cncc(N2C[C@H]3C[C@@H]2CN3)c1. The molecule has 15 heavy (non-hydrogen) atoms. The number of anilines is 1. The van der Waals surface area contributed by atoms with E-state index in [1.807, 2.05) is 6.20 Å². The van der Waals surface area contributed by atoms with Crippen LogP contribution in [0.5, 0.6) is 5.75 Å². The number of hydrogen-bond acceptors (Lipinski definition) is 4. The van der Waals surface area contributed by atoms with Crippen molar-refractivity contribution in [3.63, 3.8) is 0 Å². The molecule has 0 unspecified atom stereocenters. The minimum absolute atomic E-state index is 0.643. The normalized spacial score (nSPS) is 28.5. The van der Waals surface area contributed by atoms with E-state index in [4.69, 9.17) is 4.74 Å². The molecule has 0 aromatic carbocycles. The van der Waals surface area contributed by atoms with Crippen LogP contribution in [-0.2, 0) is 0 Å². The van der Waals surface area contributed by atoms with Gasteiger partial charge in [0.05, 0.1) is 25.2 Å². The van der Waals surface area contributed by atoms with Crippen molar-refractivity contribution in [2.24, 2.45) is 0 Å². The molecule has 0 spiro atoms. The zero-order valence-electron chi connectivity index (χ0n) is 8.81. The van der Waals surface area contributed by atoms with Crippen LogP contribution in [0, 0.1) is 0 Å². The Balaban J connectivity index is 1.86. The molecular formula is C11H15N3O. The highest BCUT2D eigenvalue weighted by Gasteiger charge is 2.37. The van der Waals surface area contributed by atoms with Gasteiger partial charge in [0.1, 0.15) is 5.75 Å². The van der Waals surface area contributed by atoms with E-state index >= 15 is 0 Å². The predicted molar refractivity (Wildman–Crippen MR) is 58.3 cm³/mol. The lowest BCUT2D eigenvalue weighted by atomic mass is 10.2. The number of methoxy groups -OCH3 is 1. The van der Waals surface area contributed by atoms with Crippen LogP contribution in [0.4, 0.5) is 5.69 Å². The highest BCUT2D eigenvalue weighted by atomic mass is 16.5. The van der Waals surface area contributed by atoms with Crippen molar-refractivity contribution in [3.8, 4) is 5.75 Å². The average molecular weight is 205 g/mol. The van der Waals surface area contributed by atoms with Crippen molar-refractivity contribution in [3.05, 3.63) is 18.5 Å². The summed E-state index contributed by atoms with van der Waals surface area (Å²) in [5, 5.41) is 3.49. The van der Waals surface area contributed by atoms with Crippen molar-refractivity contribution < 1.29 is 4.74 Å². The van der Waals surface area contributed by atoms with Gasteiger partial charge in [-0.1, -0.05) is 0 Å². The largest absolute Gasteiger partial charge is 0.495 e. The molecule has 2 bridgehead atoms. The molecular weight excluding hydrogens is 190 g/mol. The second-order valence-electron chi connectivity index (χ2n) is 4.23. The first-order chi connectivity index (χ1) is 7.36. The van der Waals surface area contributed by atoms with Gasteiger partial charge >= 0.3 is 0 Å². The third-order valence-corrected chi connectivity index (χ3v) is 3.32. The van der Waals surface area contributed by atoms with Crippen molar-refractivity contribution in [2.45, 2.75) is 18.5 Å². The van der Waals surface area contributed by atoms with E-state index in [2.05, 4.69) is 21.3 Å². The molecule has 1 N–H and O–H groups in total. The number of rotatable bonds is 2. The van der Waals surface area contributed by atoms with Crippen LogP contribution in [-0.4, -0.2) is 37.3 Å². The third kappa shape index (κ3) is 1.45. The van der Waals surface area contributed by atoms with Crippen LogP contribution in [0.1, 0.15) is 6.42 Å². The first-order valence-electron chi connectivity index (χ1n) is 5.36. The van der Waals surface area contributed by atoms with Gasteiger partial charge in [0, 0.05) is 31.2 Å². The number of hydrogen-bond donors (Lipinski definition) is 1. The first-order valence-corrected chi connectivity index (χ1v) is 5.36. The Labute approximate surface area is 89.3 Å². The van der Waals surface area contributed by atoms with E-state index in [1.54, 1.807) is 13.3 Å².